The second-order valence-electron chi connectivity index (χ2n) is 6.55. The van der Waals surface area contributed by atoms with Gasteiger partial charge in [0.05, 0.1) is 13.7 Å². The Morgan fingerprint density at radius 1 is 1.17 bits per heavy atom. The first kappa shape index (κ1) is 16.1. The van der Waals surface area contributed by atoms with Gasteiger partial charge in [-0.1, -0.05) is 41.9 Å². The van der Waals surface area contributed by atoms with E-state index in [2.05, 4.69) is 35.8 Å². The van der Waals surface area contributed by atoms with Crippen molar-refractivity contribution in [2.45, 2.75) is 32.2 Å². The lowest BCUT2D eigenvalue weighted by Gasteiger charge is -2.38. The van der Waals surface area contributed by atoms with Gasteiger partial charge in [0.25, 0.3) is 0 Å². The molecule has 0 fully saturated rings. The van der Waals surface area contributed by atoms with Crippen molar-refractivity contribution >= 4 is 27.5 Å². The molecule has 2 aromatic rings. The molecule has 2 aromatic carbocycles. The van der Waals surface area contributed by atoms with Gasteiger partial charge in [-0.15, -0.1) is 0 Å². The number of hydrogen-bond donors (Lipinski definition) is 0. The van der Waals surface area contributed by atoms with Gasteiger partial charge in [-0.3, -0.25) is 4.79 Å². The Hall–Kier alpha value is -1.81. The molecule has 0 bridgehead atoms. The number of rotatable bonds is 3. The van der Waals surface area contributed by atoms with Crippen LogP contribution in [0, 0.1) is 0 Å². The molecule has 3 nitrogen and oxygen atoms in total. The summed E-state index contributed by atoms with van der Waals surface area (Å²) in [6.45, 7) is 4.83. The number of nitrogens with zero attached hydrogens (tertiary/aromatic N) is 1. The summed E-state index contributed by atoms with van der Waals surface area (Å²) in [6.07, 6.45) is 0.520. The van der Waals surface area contributed by atoms with Crippen LogP contribution in [0.4, 0.5) is 5.69 Å². The third kappa shape index (κ3) is 3.13. The number of amides is 1. The summed E-state index contributed by atoms with van der Waals surface area (Å²) in [6, 6.07) is 14.0. The fraction of sp³-hybridized carbons (Fsp3) is 0.316. The van der Waals surface area contributed by atoms with Crippen LogP contribution in [0.15, 0.2) is 46.9 Å². The minimum absolute atomic E-state index is 0.146. The van der Waals surface area contributed by atoms with Gasteiger partial charge < -0.3 is 9.64 Å². The third-order valence-electron chi connectivity index (χ3n) is 4.37. The molecule has 0 radical (unpaired) electrons. The zero-order valence-corrected chi connectivity index (χ0v) is 15.2. The fourth-order valence-electron chi connectivity index (χ4n) is 3.08. The van der Waals surface area contributed by atoms with E-state index in [0.29, 0.717) is 13.0 Å². The monoisotopic (exact) mass is 373 g/mol. The van der Waals surface area contributed by atoms with E-state index in [1.165, 1.54) is 5.56 Å². The minimum atomic E-state index is -0.146. The zero-order valence-electron chi connectivity index (χ0n) is 13.6. The summed E-state index contributed by atoms with van der Waals surface area (Å²) in [5.41, 5.74) is 3.16. The highest BCUT2D eigenvalue weighted by molar-refractivity contribution is 9.10. The van der Waals surface area contributed by atoms with E-state index in [9.17, 15) is 4.79 Å². The Balaban J connectivity index is 1.97. The van der Waals surface area contributed by atoms with Crippen molar-refractivity contribution in [2.75, 3.05) is 12.0 Å². The number of benzene rings is 2. The van der Waals surface area contributed by atoms with Gasteiger partial charge in [0, 0.05) is 22.0 Å². The maximum atomic E-state index is 12.7. The van der Waals surface area contributed by atoms with E-state index in [0.717, 1.165) is 21.5 Å². The molecule has 120 valence electrons. The molecular formula is C19H20BrNO2. The first-order chi connectivity index (χ1) is 10.9. The molecule has 0 unspecified atom stereocenters. The highest BCUT2D eigenvalue weighted by Gasteiger charge is 2.36. The number of carbonyl (C=O) groups is 1. The van der Waals surface area contributed by atoms with Gasteiger partial charge in [0.1, 0.15) is 5.75 Å². The fourth-order valence-corrected chi connectivity index (χ4v) is 3.44. The Bertz CT molecular complexity index is 738. The van der Waals surface area contributed by atoms with Crippen LogP contribution in [0.5, 0.6) is 5.75 Å². The first-order valence-corrected chi connectivity index (χ1v) is 8.43. The molecule has 1 amide bonds. The molecule has 1 aliphatic rings. The van der Waals surface area contributed by atoms with Crippen molar-refractivity contribution in [1.82, 2.24) is 0 Å². The number of hydrogen-bond acceptors (Lipinski definition) is 2. The van der Waals surface area contributed by atoms with E-state index < -0.39 is 0 Å². The molecule has 0 saturated carbocycles. The second-order valence-corrected chi connectivity index (χ2v) is 7.47. The topological polar surface area (TPSA) is 29.5 Å². The molecule has 0 N–H and O–H groups in total. The molecular weight excluding hydrogens is 354 g/mol. The quantitative estimate of drug-likeness (QED) is 0.781. The van der Waals surface area contributed by atoms with Gasteiger partial charge in [-0.2, -0.15) is 0 Å². The van der Waals surface area contributed by atoms with Crippen molar-refractivity contribution in [1.29, 1.82) is 0 Å². The van der Waals surface area contributed by atoms with E-state index in [4.69, 9.17) is 4.74 Å². The van der Waals surface area contributed by atoms with E-state index in [1.807, 2.05) is 41.3 Å². The van der Waals surface area contributed by atoms with E-state index in [1.54, 1.807) is 7.11 Å². The van der Waals surface area contributed by atoms with Crippen molar-refractivity contribution in [3.05, 3.63) is 58.1 Å². The average Bonchev–Trinajstić information content (AvgIpc) is 2.52. The predicted octanol–water partition coefficient (Wildman–Crippen LogP) is 4.67. The number of fused-ring (bicyclic) bond motifs is 1. The van der Waals surface area contributed by atoms with Crippen molar-refractivity contribution < 1.29 is 9.53 Å². The van der Waals surface area contributed by atoms with Crippen LogP contribution in [-0.4, -0.2) is 13.0 Å². The number of methoxy groups -OCH3 is 1. The van der Waals surface area contributed by atoms with Crippen molar-refractivity contribution in [3.8, 4) is 5.75 Å². The van der Waals surface area contributed by atoms with Crippen LogP contribution in [0.1, 0.15) is 31.4 Å². The molecule has 1 heterocycles. The smallest absolute Gasteiger partial charge is 0.228 e. The molecule has 4 heteroatoms. The Morgan fingerprint density at radius 2 is 1.87 bits per heavy atom. The van der Waals surface area contributed by atoms with Gasteiger partial charge in [0.15, 0.2) is 0 Å². The predicted molar refractivity (Wildman–Crippen MR) is 96.0 cm³/mol. The van der Waals surface area contributed by atoms with Crippen LogP contribution in [0.2, 0.25) is 0 Å². The first-order valence-electron chi connectivity index (χ1n) is 7.64. The second kappa shape index (κ2) is 6.00. The molecule has 3 rings (SSSR count). The maximum Gasteiger partial charge on any atom is 0.228 e. The summed E-state index contributed by atoms with van der Waals surface area (Å²) >= 11 is 3.54. The van der Waals surface area contributed by atoms with Gasteiger partial charge in [-0.05, 0) is 41.5 Å². The highest BCUT2D eigenvalue weighted by atomic mass is 79.9. The molecule has 0 aromatic heterocycles. The van der Waals surface area contributed by atoms with E-state index >= 15 is 0 Å². The zero-order chi connectivity index (χ0) is 16.6. The number of halogens is 1. The molecule has 23 heavy (non-hydrogen) atoms. The van der Waals surface area contributed by atoms with Gasteiger partial charge in [-0.25, -0.2) is 0 Å². The number of anilines is 1. The Kier molecular flexibility index (Phi) is 4.19. The van der Waals surface area contributed by atoms with Gasteiger partial charge >= 0.3 is 0 Å². The average molecular weight is 374 g/mol. The molecule has 0 spiro atoms. The Morgan fingerprint density at radius 3 is 2.52 bits per heavy atom. The molecule has 1 aliphatic heterocycles. The van der Waals surface area contributed by atoms with Gasteiger partial charge in [0.2, 0.25) is 5.91 Å². The van der Waals surface area contributed by atoms with Crippen LogP contribution < -0.4 is 9.64 Å². The normalized spacial score (nSPS) is 16.2. The lowest BCUT2D eigenvalue weighted by Crippen LogP contribution is -2.41. The summed E-state index contributed by atoms with van der Waals surface area (Å²) in [7, 11) is 1.65. The van der Waals surface area contributed by atoms with Crippen LogP contribution in [0.25, 0.3) is 0 Å². The lowest BCUT2D eigenvalue weighted by molar-refractivity contribution is -0.120. The molecule has 0 saturated heterocycles. The summed E-state index contributed by atoms with van der Waals surface area (Å²) in [5, 5.41) is 0. The van der Waals surface area contributed by atoms with E-state index in [-0.39, 0.29) is 11.3 Å². The third-order valence-corrected chi connectivity index (χ3v) is 4.87. The summed E-state index contributed by atoms with van der Waals surface area (Å²) < 4.78 is 6.24. The minimum Gasteiger partial charge on any atom is -0.497 e. The SMILES string of the molecule is COc1ccc(CN2C(=O)CC(C)(C)c3cc(Br)ccc32)cc1. The number of ether oxygens (including phenoxy) is 1. The summed E-state index contributed by atoms with van der Waals surface area (Å²) in [5.74, 6) is 0.991. The van der Waals surface area contributed by atoms with Crippen LogP contribution in [-0.2, 0) is 16.8 Å². The summed E-state index contributed by atoms with van der Waals surface area (Å²) in [4.78, 5) is 14.6. The van der Waals surface area contributed by atoms with Crippen LogP contribution >= 0.6 is 15.9 Å². The van der Waals surface area contributed by atoms with Crippen molar-refractivity contribution in [2.24, 2.45) is 0 Å². The number of carbonyl (C=O) groups excluding carboxylic acids is 1. The Labute approximate surface area is 145 Å². The van der Waals surface area contributed by atoms with Crippen LogP contribution in [0.3, 0.4) is 0 Å². The largest absolute Gasteiger partial charge is 0.497 e. The molecule has 0 aliphatic carbocycles. The van der Waals surface area contributed by atoms with Crippen molar-refractivity contribution in [3.63, 3.8) is 0 Å². The highest BCUT2D eigenvalue weighted by Crippen LogP contribution is 2.42. The molecule has 0 atom stereocenters. The maximum absolute atomic E-state index is 12.7. The standard InChI is InChI=1S/C19H20BrNO2/c1-19(2)11-18(22)21(17-9-6-14(20)10-16(17)19)12-13-4-7-15(23-3)8-5-13/h4-10H,11-12H2,1-3H3. The lowest BCUT2D eigenvalue weighted by atomic mass is 9.77.